The summed E-state index contributed by atoms with van der Waals surface area (Å²) in [5.74, 6) is 1.58. The number of furan rings is 1. The van der Waals surface area contributed by atoms with Crippen molar-refractivity contribution in [1.29, 1.82) is 0 Å². The molecular formula is C17H17NO2. The molecule has 102 valence electrons. The van der Waals surface area contributed by atoms with Gasteiger partial charge in [0.15, 0.2) is 0 Å². The lowest BCUT2D eigenvalue weighted by molar-refractivity contribution is -0.130. The lowest BCUT2D eigenvalue weighted by atomic mass is 9.95. The van der Waals surface area contributed by atoms with Gasteiger partial charge in [-0.1, -0.05) is 30.3 Å². The van der Waals surface area contributed by atoms with E-state index in [1.165, 1.54) is 12.0 Å². The van der Waals surface area contributed by atoms with Crippen molar-refractivity contribution in [2.45, 2.75) is 18.3 Å². The van der Waals surface area contributed by atoms with E-state index >= 15 is 0 Å². The molecule has 3 heteroatoms. The van der Waals surface area contributed by atoms with Crippen molar-refractivity contribution in [2.75, 3.05) is 13.1 Å². The van der Waals surface area contributed by atoms with Gasteiger partial charge < -0.3 is 9.32 Å². The highest BCUT2D eigenvalue weighted by Crippen LogP contribution is 2.58. The fraction of sp³-hybridized carbons (Fsp3) is 0.353. The van der Waals surface area contributed by atoms with Gasteiger partial charge in [-0.3, -0.25) is 4.79 Å². The largest absolute Gasteiger partial charge is 0.469 e. The van der Waals surface area contributed by atoms with E-state index < -0.39 is 0 Å². The van der Waals surface area contributed by atoms with E-state index in [1.807, 2.05) is 23.1 Å². The summed E-state index contributed by atoms with van der Waals surface area (Å²) in [7, 11) is 0. The number of rotatable bonds is 3. The fourth-order valence-corrected chi connectivity index (χ4v) is 3.56. The molecule has 3 nitrogen and oxygen atoms in total. The van der Waals surface area contributed by atoms with Crippen LogP contribution in [0.3, 0.4) is 0 Å². The fourth-order valence-electron chi connectivity index (χ4n) is 3.56. The van der Waals surface area contributed by atoms with E-state index in [1.54, 1.807) is 6.26 Å². The minimum Gasteiger partial charge on any atom is -0.469 e. The zero-order valence-corrected chi connectivity index (χ0v) is 11.3. The molecule has 1 aliphatic carbocycles. The van der Waals surface area contributed by atoms with Crippen molar-refractivity contribution in [3.63, 3.8) is 0 Å². The average Bonchev–Trinajstić information content (AvgIpc) is 2.85. The lowest BCUT2D eigenvalue weighted by Crippen LogP contribution is -2.33. The summed E-state index contributed by atoms with van der Waals surface area (Å²) in [6.45, 7) is 1.76. The van der Waals surface area contributed by atoms with E-state index in [-0.39, 0.29) is 11.3 Å². The van der Waals surface area contributed by atoms with Crippen molar-refractivity contribution in [1.82, 2.24) is 4.90 Å². The van der Waals surface area contributed by atoms with Crippen LogP contribution in [0.4, 0.5) is 0 Å². The third-order valence-electron chi connectivity index (χ3n) is 4.75. The second-order valence-electron chi connectivity index (χ2n) is 5.95. The van der Waals surface area contributed by atoms with E-state index in [2.05, 4.69) is 24.3 Å². The highest BCUT2D eigenvalue weighted by atomic mass is 16.3. The molecular weight excluding hydrogens is 250 g/mol. The van der Waals surface area contributed by atoms with Gasteiger partial charge in [-0.05, 0) is 30.0 Å². The standard InChI is InChI=1S/C17H17NO2/c19-16(9-15-7-4-8-20-15)18-11-14-10-17(14,12-18)13-5-2-1-3-6-13/h1-8,14H,9-12H2. The predicted octanol–water partition coefficient (Wildman–Crippen LogP) is 2.62. The van der Waals surface area contributed by atoms with Gasteiger partial charge in [-0.2, -0.15) is 0 Å². The Kier molecular flexibility index (Phi) is 2.49. The minimum absolute atomic E-state index is 0.183. The Morgan fingerprint density at radius 2 is 2.10 bits per heavy atom. The van der Waals surface area contributed by atoms with Crippen molar-refractivity contribution < 1.29 is 9.21 Å². The van der Waals surface area contributed by atoms with Crippen molar-refractivity contribution >= 4 is 5.91 Å². The molecule has 4 rings (SSSR count). The monoisotopic (exact) mass is 267 g/mol. The number of carbonyl (C=O) groups is 1. The Hall–Kier alpha value is -2.03. The Morgan fingerprint density at radius 3 is 2.85 bits per heavy atom. The number of hydrogen-bond acceptors (Lipinski definition) is 2. The summed E-state index contributed by atoms with van der Waals surface area (Å²) in [5.41, 5.74) is 1.62. The van der Waals surface area contributed by atoms with Gasteiger partial charge in [0, 0.05) is 18.5 Å². The van der Waals surface area contributed by atoms with Gasteiger partial charge in [0.05, 0.1) is 12.7 Å². The summed E-state index contributed by atoms with van der Waals surface area (Å²) in [4.78, 5) is 14.3. The van der Waals surface area contributed by atoms with Gasteiger partial charge in [0.1, 0.15) is 5.76 Å². The molecule has 1 amide bonds. The van der Waals surface area contributed by atoms with Crippen LogP contribution in [0.15, 0.2) is 53.1 Å². The SMILES string of the molecule is O=C(Cc1ccco1)N1CC2CC2(c2ccccc2)C1. The lowest BCUT2D eigenvalue weighted by Gasteiger charge is -2.21. The first-order chi connectivity index (χ1) is 9.78. The summed E-state index contributed by atoms with van der Waals surface area (Å²) in [6.07, 6.45) is 3.22. The molecule has 2 unspecified atom stereocenters. The first-order valence-corrected chi connectivity index (χ1v) is 7.14. The number of hydrogen-bond donors (Lipinski definition) is 0. The number of fused-ring (bicyclic) bond motifs is 1. The molecule has 0 spiro atoms. The number of carbonyl (C=O) groups excluding carboxylic acids is 1. The van der Waals surface area contributed by atoms with Crippen molar-refractivity contribution in [3.05, 3.63) is 60.1 Å². The van der Waals surface area contributed by atoms with Crippen LogP contribution in [0.1, 0.15) is 17.7 Å². The second kappa shape index (κ2) is 4.23. The molecule has 20 heavy (non-hydrogen) atoms. The van der Waals surface area contributed by atoms with Crippen LogP contribution in [0.2, 0.25) is 0 Å². The molecule has 0 bridgehead atoms. The zero-order valence-electron chi connectivity index (χ0n) is 11.3. The van der Waals surface area contributed by atoms with Crippen LogP contribution in [0, 0.1) is 5.92 Å². The van der Waals surface area contributed by atoms with Crippen molar-refractivity contribution in [2.24, 2.45) is 5.92 Å². The maximum Gasteiger partial charge on any atom is 0.230 e. The van der Waals surface area contributed by atoms with Gasteiger partial charge in [-0.15, -0.1) is 0 Å². The van der Waals surface area contributed by atoms with E-state index in [0.717, 1.165) is 18.8 Å². The topological polar surface area (TPSA) is 33.5 Å². The number of likely N-dealkylation sites (tertiary alicyclic amines) is 1. The number of benzene rings is 1. The van der Waals surface area contributed by atoms with Crippen LogP contribution in [-0.2, 0) is 16.6 Å². The summed E-state index contributed by atoms with van der Waals surface area (Å²) >= 11 is 0. The molecule has 1 aliphatic heterocycles. The molecule has 2 aliphatic rings. The quantitative estimate of drug-likeness (QED) is 0.856. The Morgan fingerprint density at radius 1 is 1.25 bits per heavy atom. The molecule has 0 N–H and O–H groups in total. The zero-order chi connectivity index (χ0) is 13.6. The molecule has 2 aromatic rings. The third-order valence-corrected chi connectivity index (χ3v) is 4.75. The number of amides is 1. The van der Waals surface area contributed by atoms with Crippen molar-refractivity contribution in [3.8, 4) is 0 Å². The van der Waals surface area contributed by atoms with Crippen LogP contribution < -0.4 is 0 Å². The van der Waals surface area contributed by atoms with Gasteiger partial charge >= 0.3 is 0 Å². The summed E-state index contributed by atoms with van der Waals surface area (Å²) < 4.78 is 5.26. The van der Waals surface area contributed by atoms with Gasteiger partial charge in [-0.25, -0.2) is 0 Å². The molecule has 1 saturated heterocycles. The molecule has 0 radical (unpaired) electrons. The highest BCUT2D eigenvalue weighted by molar-refractivity contribution is 5.79. The molecule has 2 atom stereocenters. The van der Waals surface area contributed by atoms with Crippen LogP contribution in [0.25, 0.3) is 0 Å². The smallest absolute Gasteiger partial charge is 0.230 e. The maximum atomic E-state index is 12.3. The van der Waals surface area contributed by atoms with Crippen LogP contribution in [-0.4, -0.2) is 23.9 Å². The van der Waals surface area contributed by atoms with E-state index in [4.69, 9.17) is 4.42 Å². The first kappa shape index (κ1) is 11.8. The third kappa shape index (κ3) is 1.77. The molecule has 2 heterocycles. The number of piperidine rings is 1. The average molecular weight is 267 g/mol. The molecule has 1 saturated carbocycles. The Bertz CT molecular complexity index is 620. The Balaban J connectivity index is 1.48. The van der Waals surface area contributed by atoms with Gasteiger partial charge in [0.2, 0.25) is 5.91 Å². The summed E-state index contributed by atoms with van der Waals surface area (Å²) in [5, 5.41) is 0. The van der Waals surface area contributed by atoms with E-state index in [9.17, 15) is 4.79 Å². The van der Waals surface area contributed by atoms with Crippen LogP contribution in [0.5, 0.6) is 0 Å². The number of nitrogens with zero attached hydrogens (tertiary/aromatic N) is 1. The Labute approximate surface area is 118 Å². The highest BCUT2D eigenvalue weighted by Gasteiger charge is 2.61. The maximum absolute atomic E-state index is 12.3. The van der Waals surface area contributed by atoms with E-state index in [0.29, 0.717) is 12.3 Å². The van der Waals surface area contributed by atoms with Gasteiger partial charge in [0.25, 0.3) is 0 Å². The predicted molar refractivity (Wildman–Crippen MR) is 75.2 cm³/mol. The molecule has 1 aromatic heterocycles. The first-order valence-electron chi connectivity index (χ1n) is 7.14. The second-order valence-corrected chi connectivity index (χ2v) is 5.95. The molecule has 1 aromatic carbocycles. The van der Waals surface area contributed by atoms with Crippen LogP contribution >= 0.6 is 0 Å². The molecule has 2 fully saturated rings. The summed E-state index contributed by atoms with van der Waals surface area (Å²) in [6, 6.07) is 14.3. The minimum atomic E-state index is 0.183. The normalized spacial score (nSPS) is 27.4.